The Morgan fingerprint density at radius 1 is 1.21 bits per heavy atom. The molecule has 1 radical (unpaired) electrons. The van der Waals surface area contributed by atoms with Gasteiger partial charge in [-0.15, -0.1) is 5.92 Å². The van der Waals surface area contributed by atoms with Crippen LogP contribution in [0.15, 0.2) is 0 Å². The molecule has 2 nitrogen and oxygen atoms in total. The molecule has 0 rings (SSSR count). The number of carbonyl (C=O) groups excluding carboxylic acids is 1. The third kappa shape index (κ3) is 9.12. The number of hydrogen-bond donors (Lipinski definition) is 0. The maximum absolute atomic E-state index is 10.2. The van der Waals surface area contributed by atoms with Crippen LogP contribution in [0, 0.1) is 18.8 Å². The molecule has 0 aliphatic heterocycles. The van der Waals surface area contributed by atoms with Crippen molar-refractivity contribution in [2.45, 2.75) is 38.5 Å². The second-order valence-corrected chi connectivity index (χ2v) is 3.39. The van der Waals surface area contributed by atoms with E-state index in [-0.39, 0.29) is 0 Å². The highest BCUT2D eigenvalue weighted by Crippen LogP contribution is 2.03. The van der Waals surface area contributed by atoms with Gasteiger partial charge in [0.1, 0.15) is 0 Å². The van der Waals surface area contributed by atoms with Gasteiger partial charge in [-0.1, -0.05) is 38.5 Å². The van der Waals surface area contributed by atoms with Crippen LogP contribution >= 0.6 is 0 Å². The minimum Gasteiger partial charge on any atom is -0.337 e. The predicted octanol–water partition coefficient (Wildman–Crippen LogP) is 2.25. The van der Waals surface area contributed by atoms with Gasteiger partial charge in [0.05, 0.1) is 6.54 Å². The van der Waals surface area contributed by atoms with Gasteiger partial charge in [0.25, 0.3) is 0 Å². The molecule has 14 heavy (non-hydrogen) atoms. The molecule has 0 aromatic heterocycles. The average molecular weight is 194 g/mol. The van der Waals surface area contributed by atoms with E-state index in [0.29, 0.717) is 6.54 Å². The lowest BCUT2D eigenvalue weighted by Crippen LogP contribution is -2.15. The van der Waals surface area contributed by atoms with Crippen molar-refractivity contribution >= 4 is 6.41 Å². The molecule has 0 aromatic carbocycles. The fourth-order valence-electron chi connectivity index (χ4n) is 1.05. The van der Waals surface area contributed by atoms with E-state index < -0.39 is 0 Å². The van der Waals surface area contributed by atoms with Crippen molar-refractivity contribution in [3.05, 3.63) is 6.92 Å². The van der Waals surface area contributed by atoms with Crippen molar-refractivity contribution in [3.8, 4) is 11.8 Å². The van der Waals surface area contributed by atoms with Crippen molar-refractivity contribution in [2.24, 2.45) is 0 Å². The molecule has 0 atom stereocenters. The second-order valence-electron chi connectivity index (χ2n) is 3.39. The molecule has 2 heteroatoms. The molecule has 0 fully saturated rings. The molecule has 0 unspecified atom stereocenters. The van der Waals surface area contributed by atoms with Gasteiger partial charge in [-0.25, -0.2) is 0 Å². The van der Waals surface area contributed by atoms with Crippen molar-refractivity contribution in [3.63, 3.8) is 0 Å². The highest BCUT2D eigenvalue weighted by molar-refractivity contribution is 5.47. The van der Waals surface area contributed by atoms with E-state index in [1.165, 1.54) is 24.2 Å². The fraction of sp³-hybridized carbons (Fsp3) is 0.667. The molecule has 79 valence electrons. The summed E-state index contributed by atoms with van der Waals surface area (Å²) in [6.07, 6.45) is 7.68. The maximum Gasteiger partial charge on any atom is 0.210 e. The largest absolute Gasteiger partial charge is 0.337 e. The first-order valence-electron chi connectivity index (χ1n) is 5.21. The lowest BCUT2D eigenvalue weighted by Gasteiger charge is -2.02. The van der Waals surface area contributed by atoms with E-state index in [1.807, 2.05) is 0 Å². The summed E-state index contributed by atoms with van der Waals surface area (Å²) in [7, 11) is 1.73. The fourth-order valence-corrected chi connectivity index (χ4v) is 1.05. The maximum atomic E-state index is 10.2. The zero-order valence-corrected chi connectivity index (χ0v) is 9.09. The number of rotatable bonds is 7. The van der Waals surface area contributed by atoms with E-state index in [9.17, 15) is 4.79 Å². The van der Waals surface area contributed by atoms with Crippen LogP contribution in [-0.4, -0.2) is 24.9 Å². The summed E-state index contributed by atoms with van der Waals surface area (Å²) in [5.74, 6) is 6.02. The summed E-state index contributed by atoms with van der Waals surface area (Å²) in [4.78, 5) is 11.7. The molecule has 0 saturated carbocycles. The zero-order chi connectivity index (χ0) is 10.6. The Bertz CT molecular complexity index is 190. The van der Waals surface area contributed by atoms with Crippen molar-refractivity contribution < 1.29 is 4.79 Å². The van der Waals surface area contributed by atoms with E-state index in [2.05, 4.69) is 18.8 Å². The van der Waals surface area contributed by atoms with Gasteiger partial charge in [0, 0.05) is 13.5 Å². The Morgan fingerprint density at radius 3 is 2.57 bits per heavy atom. The number of hydrogen-bond acceptors (Lipinski definition) is 1. The quantitative estimate of drug-likeness (QED) is 0.346. The second kappa shape index (κ2) is 10.1. The summed E-state index contributed by atoms with van der Waals surface area (Å²) >= 11 is 0. The average Bonchev–Trinajstić information content (AvgIpc) is 2.21. The Labute approximate surface area is 87.7 Å². The third-order valence-electron chi connectivity index (χ3n) is 1.94. The van der Waals surface area contributed by atoms with Crippen molar-refractivity contribution in [1.82, 2.24) is 4.90 Å². The molecule has 0 aromatic rings. The summed E-state index contributed by atoms with van der Waals surface area (Å²) < 4.78 is 0. The number of amides is 1. The first-order chi connectivity index (χ1) is 6.81. The SMILES string of the molecule is [CH2]CCCCCCC#CCN(C)C=O. The molecule has 0 bridgehead atoms. The van der Waals surface area contributed by atoms with Crippen LogP contribution in [0.2, 0.25) is 0 Å². The molecular weight excluding hydrogens is 174 g/mol. The summed E-state index contributed by atoms with van der Waals surface area (Å²) in [5, 5.41) is 0. The summed E-state index contributed by atoms with van der Waals surface area (Å²) in [5.41, 5.74) is 0. The van der Waals surface area contributed by atoms with Gasteiger partial charge < -0.3 is 4.90 Å². The van der Waals surface area contributed by atoms with E-state index in [0.717, 1.165) is 25.7 Å². The van der Waals surface area contributed by atoms with Crippen LogP contribution in [0.25, 0.3) is 0 Å². The minimum absolute atomic E-state index is 0.544. The van der Waals surface area contributed by atoms with Crippen LogP contribution < -0.4 is 0 Å². The van der Waals surface area contributed by atoms with E-state index >= 15 is 0 Å². The van der Waals surface area contributed by atoms with Gasteiger partial charge in [-0.05, 0) is 6.42 Å². The van der Waals surface area contributed by atoms with Crippen molar-refractivity contribution in [2.75, 3.05) is 13.6 Å². The van der Waals surface area contributed by atoms with Gasteiger partial charge in [0.15, 0.2) is 0 Å². The van der Waals surface area contributed by atoms with Gasteiger partial charge in [-0.2, -0.15) is 0 Å². The first kappa shape index (κ1) is 13.0. The summed E-state index contributed by atoms with van der Waals surface area (Å²) in [6, 6.07) is 0. The molecule has 0 aliphatic carbocycles. The Balaban J connectivity index is 3.21. The van der Waals surface area contributed by atoms with Crippen LogP contribution in [0.5, 0.6) is 0 Å². The third-order valence-corrected chi connectivity index (χ3v) is 1.94. The van der Waals surface area contributed by atoms with Crippen LogP contribution in [0.3, 0.4) is 0 Å². The molecule has 0 saturated heterocycles. The number of nitrogens with zero attached hydrogens (tertiary/aromatic N) is 1. The summed E-state index contributed by atoms with van der Waals surface area (Å²) in [6.45, 7) is 4.34. The molecule has 1 amide bonds. The number of unbranched alkanes of at least 4 members (excludes halogenated alkanes) is 5. The van der Waals surface area contributed by atoms with Crippen LogP contribution in [-0.2, 0) is 4.79 Å². The standard InChI is InChI=1S/C12H20NO/c1-3-4-5-6-7-8-9-10-11-13(2)12-14/h12H,1,3-8,11H2,2H3. The predicted molar refractivity (Wildman–Crippen MR) is 59.5 cm³/mol. The molecule has 0 heterocycles. The topological polar surface area (TPSA) is 20.3 Å². The molecular formula is C12H20NO. The number of carbonyl (C=O) groups is 1. The minimum atomic E-state index is 0.544. The van der Waals surface area contributed by atoms with Crippen LogP contribution in [0.4, 0.5) is 0 Å². The Morgan fingerprint density at radius 2 is 1.93 bits per heavy atom. The highest BCUT2D eigenvalue weighted by Gasteiger charge is 1.87. The molecule has 0 aliphatic rings. The Hall–Kier alpha value is -0.970. The monoisotopic (exact) mass is 194 g/mol. The first-order valence-corrected chi connectivity index (χ1v) is 5.21. The zero-order valence-electron chi connectivity index (χ0n) is 9.09. The highest BCUT2D eigenvalue weighted by atomic mass is 16.1. The van der Waals surface area contributed by atoms with Crippen molar-refractivity contribution in [1.29, 1.82) is 0 Å². The van der Waals surface area contributed by atoms with E-state index in [4.69, 9.17) is 0 Å². The van der Waals surface area contributed by atoms with E-state index in [1.54, 1.807) is 7.05 Å². The van der Waals surface area contributed by atoms with Gasteiger partial charge >= 0.3 is 0 Å². The molecule has 0 spiro atoms. The van der Waals surface area contributed by atoms with Gasteiger partial charge in [-0.3, -0.25) is 4.79 Å². The molecule has 0 N–H and O–H groups in total. The lowest BCUT2D eigenvalue weighted by molar-refractivity contribution is -0.116. The van der Waals surface area contributed by atoms with Gasteiger partial charge in [0.2, 0.25) is 6.41 Å². The normalized spacial score (nSPS) is 9.00. The smallest absolute Gasteiger partial charge is 0.210 e. The van der Waals surface area contributed by atoms with Crippen LogP contribution in [0.1, 0.15) is 38.5 Å². The Kier molecular flexibility index (Phi) is 9.41. The lowest BCUT2D eigenvalue weighted by atomic mass is 10.1.